The average Bonchev–Trinajstić information content (AvgIpc) is 2.78. The number of furan rings is 1. The van der Waals surface area contributed by atoms with Crippen molar-refractivity contribution in [3.8, 4) is 0 Å². The van der Waals surface area contributed by atoms with Gasteiger partial charge in [0.15, 0.2) is 5.96 Å². The third kappa shape index (κ3) is 7.58. The number of nitrogens with one attached hydrogen (secondary N) is 2. The van der Waals surface area contributed by atoms with E-state index in [4.69, 9.17) is 4.42 Å². The molecule has 4 nitrogen and oxygen atoms in total. The van der Waals surface area contributed by atoms with Gasteiger partial charge in [-0.15, -0.1) is 24.0 Å². The number of hydrogen-bond donors (Lipinski definition) is 2. The summed E-state index contributed by atoms with van der Waals surface area (Å²) < 4.78 is 5.28. The van der Waals surface area contributed by atoms with Gasteiger partial charge in [0, 0.05) is 25.6 Å². The van der Waals surface area contributed by atoms with Gasteiger partial charge in [-0.05, 0) is 32.4 Å². The molecule has 0 saturated heterocycles. The second-order valence-corrected chi connectivity index (χ2v) is 4.29. The van der Waals surface area contributed by atoms with Crippen LogP contribution < -0.4 is 10.6 Å². The fourth-order valence-electron chi connectivity index (χ4n) is 1.41. The minimum atomic E-state index is 0. The predicted octanol–water partition coefficient (Wildman–Crippen LogP) is 2.79. The third-order valence-corrected chi connectivity index (χ3v) is 2.16. The summed E-state index contributed by atoms with van der Waals surface area (Å²) in [5.41, 5.74) is 0. The van der Waals surface area contributed by atoms with Gasteiger partial charge in [-0.3, -0.25) is 4.99 Å². The first-order valence-corrected chi connectivity index (χ1v) is 6.29. The lowest BCUT2D eigenvalue weighted by atomic mass is 10.3. The van der Waals surface area contributed by atoms with E-state index in [-0.39, 0.29) is 24.0 Å². The van der Waals surface area contributed by atoms with E-state index in [1.807, 2.05) is 12.1 Å². The zero-order chi connectivity index (χ0) is 12.5. The van der Waals surface area contributed by atoms with E-state index in [0.717, 1.165) is 37.7 Å². The molecule has 104 valence electrons. The first-order valence-electron chi connectivity index (χ1n) is 6.29. The maximum Gasteiger partial charge on any atom is 0.191 e. The maximum absolute atomic E-state index is 5.28. The molecule has 0 spiro atoms. The fraction of sp³-hybridized carbons (Fsp3) is 0.615. The van der Waals surface area contributed by atoms with Crippen LogP contribution in [0.1, 0.15) is 33.0 Å². The number of nitrogens with zero attached hydrogens (tertiary/aromatic N) is 1. The molecule has 5 heteroatoms. The molecule has 2 N–H and O–H groups in total. The average molecular weight is 365 g/mol. The fourth-order valence-corrected chi connectivity index (χ4v) is 1.41. The van der Waals surface area contributed by atoms with Gasteiger partial charge < -0.3 is 15.1 Å². The molecule has 0 fully saturated rings. The Morgan fingerprint density at radius 1 is 1.44 bits per heavy atom. The Morgan fingerprint density at radius 3 is 2.78 bits per heavy atom. The molecule has 0 radical (unpaired) electrons. The van der Waals surface area contributed by atoms with Gasteiger partial charge in [0.1, 0.15) is 5.76 Å². The molecule has 1 aromatic rings. The Kier molecular flexibility index (Phi) is 9.82. The van der Waals surface area contributed by atoms with Crippen molar-refractivity contribution in [1.82, 2.24) is 10.6 Å². The van der Waals surface area contributed by atoms with Gasteiger partial charge in [0.05, 0.1) is 6.26 Å². The maximum atomic E-state index is 5.28. The van der Waals surface area contributed by atoms with Crippen LogP contribution in [0.3, 0.4) is 0 Å². The SMILES string of the molecule is CCCN=C(NCCc1ccco1)NC(C)C.I. The highest BCUT2D eigenvalue weighted by atomic mass is 127. The Hall–Kier alpha value is -0.720. The van der Waals surface area contributed by atoms with E-state index >= 15 is 0 Å². The van der Waals surface area contributed by atoms with Crippen molar-refractivity contribution in [3.63, 3.8) is 0 Å². The van der Waals surface area contributed by atoms with Crippen LogP contribution in [0.15, 0.2) is 27.8 Å². The summed E-state index contributed by atoms with van der Waals surface area (Å²) in [6.07, 6.45) is 3.63. The van der Waals surface area contributed by atoms with Crippen molar-refractivity contribution in [2.24, 2.45) is 4.99 Å². The summed E-state index contributed by atoms with van der Waals surface area (Å²) in [4.78, 5) is 4.47. The Bertz CT molecular complexity index is 323. The largest absolute Gasteiger partial charge is 0.469 e. The van der Waals surface area contributed by atoms with Crippen molar-refractivity contribution in [2.75, 3.05) is 13.1 Å². The van der Waals surface area contributed by atoms with Crippen molar-refractivity contribution < 1.29 is 4.42 Å². The van der Waals surface area contributed by atoms with Crippen LogP contribution in [0.5, 0.6) is 0 Å². The lowest BCUT2D eigenvalue weighted by Gasteiger charge is -2.14. The molecule has 0 amide bonds. The topological polar surface area (TPSA) is 49.6 Å². The van der Waals surface area contributed by atoms with E-state index in [0.29, 0.717) is 6.04 Å². The van der Waals surface area contributed by atoms with Crippen LogP contribution in [0.25, 0.3) is 0 Å². The van der Waals surface area contributed by atoms with Crippen molar-refractivity contribution in [2.45, 2.75) is 39.7 Å². The summed E-state index contributed by atoms with van der Waals surface area (Å²) in [6.45, 7) is 8.02. The zero-order valence-electron chi connectivity index (χ0n) is 11.4. The molecule has 0 aliphatic heterocycles. The number of rotatable bonds is 6. The first-order chi connectivity index (χ1) is 8.22. The molecule has 18 heavy (non-hydrogen) atoms. The van der Waals surface area contributed by atoms with Crippen LogP contribution >= 0.6 is 24.0 Å². The molecule has 1 aromatic heterocycles. The lowest BCUT2D eigenvalue weighted by Crippen LogP contribution is -2.42. The second kappa shape index (κ2) is 10.2. The van der Waals surface area contributed by atoms with E-state index in [1.165, 1.54) is 0 Å². The normalized spacial score (nSPS) is 11.2. The minimum Gasteiger partial charge on any atom is -0.469 e. The Morgan fingerprint density at radius 2 is 2.22 bits per heavy atom. The van der Waals surface area contributed by atoms with Gasteiger partial charge in [-0.2, -0.15) is 0 Å². The third-order valence-electron chi connectivity index (χ3n) is 2.16. The molecular weight excluding hydrogens is 341 g/mol. The minimum absolute atomic E-state index is 0. The number of aliphatic imine (C=N–C) groups is 1. The zero-order valence-corrected chi connectivity index (χ0v) is 13.7. The number of guanidine groups is 1. The Labute approximate surface area is 127 Å². The van der Waals surface area contributed by atoms with Crippen LogP contribution in [-0.4, -0.2) is 25.1 Å². The van der Waals surface area contributed by atoms with E-state index in [1.54, 1.807) is 6.26 Å². The summed E-state index contributed by atoms with van der Waals surface area (Å²) in [5.74, 6) is 1.88. The lowest BCUT2D eigenvalue weighted by molar-refractivity contribution is 0.506. The van der Waals surface area contributed by atoms with Gasteiger partial charge in [0.25, 0.3) is 0 Å². The molecule has 1 rings (SSSR count). The van der Waals surface area contributed by atoms with Crippen molar-refractivity contribution in [1.29, 1.82) is 0 Å². The smallest absolute Gasteiger partial charge is 0.191 e. The molecule has 0 atom stereocenters. The highest BCUT2D eigenvalue weighted by Gasteiger charge is 2.01. The molecule has 0 aromatic carbocycles. The van der Waals surface area contributed by atoms with Gasteiger partial charge in [-0.1, -0.05) is 6.92 Å². The second-order valence-electron chi connectivity index (χ2n) is 4.29. The molecule has 1 heterocycles. The van der Waals surface area contributed by atoms with Gasteiger partial charge in [-0.25, -0.2) is 0 Å². The molecule has 0 bridgehead atoms. The summed E-state index contributed by atoms with van der Waals surface area (Å²) >= 11 is 0. The first kappa shape index (κ1) is 17.3. The van der Waals surface area contributed by atoms with Crippen LogP contribution in [0.2, 0.25) is 0 Å². The van der Waals surface area contributed by atoms with E-state index in [2.05, 4.69) is 36.4 Å². The Balaban J connectivity index is 0.00000289. The van der Waals surface area contributed by atoms with E-state index < -0.39 is 0 Å². The summed E-state index contributed by atoms with van der Waals surface area (Å²) in [5, 5.41) is 6.61. The van der Waals surface area contributed by atoms with Crippen molar-refractivity contribution >= 4 is 29.9 Å². The molecular formula is C13H24IN3O. The van der Waals surface area contributed by atoms with Gasteiger partial charge >= 0.3 is 0 Å². The van der Waals surface area contributed by atoms with Gasteiger partial charge in [0.2, 0.25) is 0 Å². The van der Waals surface area contributed by atoms with Crippen molar-refractivity contribution in [3.05, 3.63) is 24.2 Å². The molecule has 0 aliphatic carbocycles. The predicted molar refractivity (Wildman–Crippen MR) is 86.7 cm³/mol. The van der Waals surface area contributed by atoms with Crippen LogP contribution in [0, 0.1) is 0 Å². The summed E-state index contributed by atoms with van der Waals surface area (Å²) in [6, 6.07) is 4.29. The standard InChI is InChI=1S/C13H23N3O.HI/c1-4-8-14-13(16-11(2)3)15-9-7-12-6-5-10-17-12;/h5-6,10-11H,4,7-9H2,1-3H3,(H2,14,15,16);1H. The monoisotopic (exact) mass is 365 g/mol. The molecule has 0 aliphatic rings. The number of halogens is 1. The van der Waals surface area contributed by atoms with Crippen LogP contribution in [-0.2, 0) is 6.42 Å². The number of hydrogen-bond acceptors (Lipinski definition) is 2. The highest BCUT2D eigenvalue weighted by molar-refractivity contribution is 14.0. The summed E-state index contributed by atoms with van der Waals surface area (Å²) in [7, 11) is 0. The molecule has 0 unspecified atom stereocenters. The highest BCUT2D eigenvalue weighted by Crippen LogP contribution is 1.99. The van der Waals surface area contributed by atoms with Crippen LogP contribution in [0.4, 0.5) is 0 Å². The van der Waals surface area contributed by atoms with E-state index in [9.17, 15) is 0 Å². The molecule has 0 saturated carbocycles. The quantitative estimate of drug-likeness (QED) is 0.463.